The van der Waals surface area contributed by atoms with Crippen molar-refractivity contribution in [1.82, 2.24) is 0 Å². The van der Waals surface area contributed by atoms with Gasteiger partial charge in [0.25, 0.3) is 0 Å². The fourth-order valence-corrected chi connectivity index (χ4v) is 3.00. The van der Waals surface area contributed by atoms with Gasteiger partial charge in [-0.2, -0.15) is 12.6 Å². The standard InChI is InChI=1S/C14H18O2S/c1-11(15)16-13-8-4-3-7-12(13)14(17)9-5-2-6-10-14/h3-4,7-8,17H,2,5-6,9-10H2,1H3. The van der Waals surface area contributed by atoms with Crippen molar-refractivity contribution in [2.75, 3.05) is 0 Å². The lowest BCUT2D eigenvalue weighted by molar-refractivity contribution is -0.131. The van der Waals surface area contributed by atoms with Crippen LogP contribution in [-0.2, 0) is 9.54 Å². The van der Waals surface area contributed by atoms with Crippen LogP contribution in [0.2, 0.25) is 0 Å². The first-order valence-electron chi connectivity index (χ1n) is 6.12. The van der Waals surface area contributed by atoms with Gasteiger partial charge in [-0.1, -0.05) is 37.5 Å². The van der Waals surface area contributed by atoms with Crippen molar-refractivity contribution < 1.29 is 9.53 Å². The molecular weight excluding hydrogens is 232 g/mol. The maximum Gasteiger partial charge on any atom is 0.308 e. The van der Waals surface area contributed by atoms with Gasteiger partial charge in [0, 0.05) is 17.2 Å². The molecule has 1 aliphatic carbocycles. The molecule has 0 aliphatic heterocycles. The van der Waals surface area contributed by atoms with E-state index >= 15 is 0 Å². The van der Waals surface area contributed by atoms with Gasteiger partial charge in [0.1, 0.15) is 5.75 Å². The van der Waals surface area contributed by atoms with Crippen molar-refractivity contribution in [3.05, 3.63) is 29.8 Å². The maximum atomic E-state index is 11.1. The van der Waals surface area contributed by atoms with E-state index in [-0.39, 0.29) is 10.7 Å². The number of para-hydroxylation sites is 1. The minimum atomic E-state index is -0.273. The molecule has 2 rings (SSSR count). The van der Waals surface area contributed by atoms with Crippen LogP contribution in [0.1, 0.15) is 44.6 Å². The van der Waals surface area contributed by atoms with Crippen LogP contribution in [0.25, 0.3) is 0 Å². The lowest BCUT2D eigenvalue weighted by atomic mass is 9.82. The van der Waals surface area contributed by atoms with Gasteiger partial charge in [-0.05, 0) is 18.9 Å². The molecule has 92 valence electrons. The smallest absolute Gasteiger partial charge is 0.308 e. The number of carbonyl (C=O) groups is 1. The molecule has 2 nitrogen and oxygen atoms in total. The van der Waals surface area contributed by atoms with Crippen molar-refractivity contribution in [2.45, 2.75) is 43.8 Å². The zero-order valence-electron chi connectivity index (χ0n) is 10.1. The summed E-state index contributed by atoms with van der Waals surface area (Å²) in [5, 5.41) is 0. The highest BCUT2D eigenvalue weighted by Gasteiger charge is 2.32. The summed E-state index contributed by atoms with van der Waals surface area (Å²) in [5.74, 6) is 0.391. The molecule has 0 atom stereocenters. The van der Waals surface area contributed by atoms with Crippen LogP contribution in [0, 0.1) is 0 Å². The first-order valence-corrected chi connectivity index (χ1v) is 6.57. The summed E-state index contributed by atoms with van der Waals surface area (Å²) in [6.07, 6.45) is 5.76. The van der Waals surface area contributed by atoms with Crippen LogP contribution in [0.3, 0.4) is 0 Å². The maximum absolute atomic E-state index is 11.1. The van der Waals surface area contributed by atoms with E-state index in [0.717, 1.165) is 18.4 Å². The van der Waals surface area contributed by atoms with Gasteiger partial charge < -0.3 is 4.74 Å². The molecule has 1 aromatic carbocycles. The molecule has 1 saturated carbocycles. The van der Waals surface area contributed by atoms with E-state index in [1.807, 2.05) is 24.3 Å². The highest BCUT2D eigenvalue weighted by molar-refractivity contribution is 7.81. The predicted octanol–water partition coefficient (Wildman–Crippen LogP) is 3.70. The van der Waals surface area contributed by atoms with Crippen molar-refractivity contribution in [1.29, 1.82) is 0 Å². The Balaban J connectivity index is 2.32. The fraction of sp³-hybridized carbons (Fsp3) is 0.500. The molecule has 0 bridgehead atoms. The topological polar surface area (TPSA) is 26.3 Å². The van der Waals surface area contributed by atoms with Gasteiger partial charge in [0.15, 0.2) is 0 Å². The van der Waals surface area contributed by atoms with Gasteiger partial charge in [0.05, 0.1) is 0 Å². The molecule has 0 saturated heterocycles. The molecule has 1 aliphatic rings. The molecule has 0 aromatic heterocycles. The van der Waals surface area contributed by atoms with E-state index < -0.39 is 0 Å². The number of ether oxygens (including phenoxy) is 1. The average molecular weight is 250 g/mol. The van der Waals surface area contributed by atoms with Crippen molar-refractivity contribution in [2.24, 2.45) is 0 Å². The summed E-state index contributed by atoms with van der Waals surface area (Å²) < 4.78 is 5.14. The third-order valence-corrected chi connectivity index (χ3v) is 4.01. The van der Waals surface area contributed by atoms with Crippen LogP contribution in [0.15, 0.2) is 24.3 Å². The molecule has 17 heavy (non-hydrogen) atoms. The summed E-state index contributed by atoms with van der Waals surface area (Å²) in [7, 11) is 0. The van der Waals surface area contributed by atoms with Crippen LogP contribution in [0.4, 0.5) is 0 Å². The van der Waals surface area contributed by atoms with Crippen LogP contribution in [0.5, 0.6) is 5.75 Å². The largest absolute Gasteiger partial charge is 0.426 e. The molecule has 1 fully saturated rings. The SMILES string of the molecule is CC(=O)Oc1ccccc1C1(S)CCCCC1. The Bertz CT molecular complexity index is 408. The number of rotatable bonds is 2. The zero-order valence-corrected chi connectivity index (χ0v) is 11.0. The minimum Gasteiger partial charge on any atom is -0.426 e. The normalized spacial score (nSPS) is 18.7. The summed E-state index contributed by atoms with van der Waals surface area (Å²) in [5.41, 5.74) is 1.05. The number of hydrogen-bond donors (Lipinski definition) is 1. The Labute approximate surface area is 108 Å². The number of carbonyl (C=O) groups excluding carboxylic acids is 1. The first-order chi connectivity index (χ1) is 8.12. The number of hydrogen-bond acceptors (Lipinski definition) is 3. The van der Waals surface area contributed by atoms with E-state index in [0.29, 0.717) is 5.75 Å². The minimum absolute atomic E-state index is 0.135. The number of esters is 1. The van der Waals surface area contributed by atoms with Gasteiger partial charge in [0.2, 0.25) is 0 Å². The second-order valence-electron chi connectivity index (χ2n) is 4.68. The molecule has 0 amide bonds. The second-order valence-corrected chi connectivity index (χ2v) is 5.54. The highest BCUT2D eigenvalue weighted by atomic mass is 32.1. The predicted molar refractivity (Wildman–Crippen MR) is 71.5 cm³/mol. The first kappa shape index (κ1) is 12.5. The van der Waals surface area contributed by atoms with Gasteiger partial charge >= 0.3 is 5.97 Å². The molecule has 0 heterocycles. The monoisotopic (exact) mass is 250 g/mol. The van der Waals surface area contributed by atoms with Crippen molar-refractivity contribution in [3.63, 3.8) is 0 Å². The second kappa shape index (κ2) is 5.13. The van der Waals surface area contributed by atoms with E-state index in [1.165, 1.54) is 26.2 Å². The Hall–Kier alpha value is -0.960. The Morgan fingerprint density at radius 1 is 1.24 bits per heavy atom. The molecule has 0 radical (unpaired) electrons. The quantitative estimate of drug-likeness (QED) is 0.492. The van der Waals surface area contributed by atoms with Gasteiger partial charge in [-0.25, -0.2) is 0 Å². The molecule has 0 spiro atoms. The summed E-state index contributed by atoms with van der Waals surface area (Å²) in [4.78, 5) is 11.1. The molecule has 3 heteroatoms. The lowest BCUT2D eigenvalue weighted by Gasteiger charge is -2.34. The Morgan fingerprint density at radius 3 is 2.53 bits per heavy atom. The number of benzene rings is 1. The Kier molecular flexibility index (Phi) is 3.77. The lowest BCUT2D eigenvalue weighted by Crippen LogP contribution is -2.23. The van der Waals surface area contributed by atoms with E-state index in [4.69, 9.17) is 17.4 Å². The van der Waals surface area contributed by atoms with Crippen LogP contribution in [-0.4, -0.2) is 5.97 Å². The third-order valence-electron chi connectivity index (χ3n) is 3.32. The van der Waals surface area contributed by atoms with Crippen molar-refractivity contribution in [3.8, 4) is 5.75 Å². The molecule has 1 aromatic rings. The van der Waals surface area contributed by atoms with Gasteiger partial charge in [-0.3, -0.25) is 4.79 Å². The van der Waals surface area contributed by atoms with Crippen LogP contribution >= 0.6 is 12.6 Å². The van der Waals surface area contributed by atoms with E-state index in [1.54, 1.807) is 0 Å². The third kappa shape index (κ3) is 2.83. The highest BCUT2D eigenvalue weighted by Crippen LogP contribution is 2.45. The van der Waals surface area contributed by atoms with Crippen molar-refractivity contribution >= 4 is 18.6 Å². The molecular formula is C14H18O2S. The fourth-order valence-electron chi connectivity index (χ4n) is 2.50. The number of thiol groups is 1. The van der Waals surface area contributed by atoms with Gasteiger partial charge in [-0.15, -0.1) is 0 Å². The van der Waals surface area contributed by atoms with E-state index in [9.17, 15) is 4.79 Å². The van der Waals surface area contributed by atoms with E-state index in [2.05, 4.69) is 0 Å². The summed E-state index contributed by atoms with van der Waals surface area (Å²) >= 11 is 4.84. The molecule has 0 N–H and O–H groups in total. The summed E-state index contributed by atoms with van der Waals surface area (Å²) in [6.45, 7) is 1.43. The average Bonchev–Trinajstić information content (AvgIpc) is 2.30. The Morgan fingerprint density at radius 2 is 1.88 bits per heavy atom. The van der Waals surface area contributed by atoms with Crippen LogP contribution < -0.4 is 4.74 Å². The molecule has 0 unspecified atom stereocenters. The zero-order chi connectivity index (χ0) is 12.3. The summed E-state index contributed by atoms with van der Waals surface area (Å²) in [6, 6.07) is 7.75.